The smallest absolute Gasteiger partial charge is 0.123 e. The molecule has 3 N–H and O–H groups in total. The van der Waals surface area contributed by atoms with E-state index in [0.29, 0.717) is 6.42 Å². The first kappa shape index (κ1) is 9.16. The van der Waals surface area contributed by atoms with Crippen molar-refractivity contribution in [2.75, 3.05) is 6.61 Å². The minimum atomic E-state index is -0.291. The van der Waals surface area contributed by atoms with Crippen molar-refractivity contribution < 1.29 is 9.50 Å². The fourth-order valence-corrected chi connectivity index (χ4v) is 1.04. The zero-order valence-electron chi connectivity index (χ0n) is 6.70. The molecular formula is C9H12FNO. The molecule has 0 aromatic heterocycles. The van der Waals surface area contributed by atoms with Gasteiger partial charge in [0.1, 0.15) is 5.82 Å². The molecule has 0 unspecified atom stereocenters. The Morgan fingerprint density at radius 1 is 1.50 bits per heavy atom. The second-order valence-corrected chi connectivity index (χ2v) is 2.67. The van der Waals surface area contributed by atoms with Crippen LogP contribution in [0.4, 0.5) is 4.39 Å². The van der Waals surface area contributed by atoms with Crippen LogP contribution in [0.3, 0.4) is 0 Å². The number of nitrogens with two attached hydrogens (primary N) is 1. The van der Waals surface area contributed by atoms with Crippen LogP contribution in [-0.2, 0) is 0 Å². The predicted octanol–water partition coefficient (Wildman–Crippen LogP) is 1.21. The van der Waals surface area contributed by atoms with E-state index in [4.69, 9.17) is 10.8 Å². The van der Waals surface area contributed by atoms with Crippen LogP contribution in [0.2, 0.25) is 0 Å². The van der Waals surface area contributed by atoms with Gasteiger partial charge < -0.3 is 10.8 Å². The summed E-state index contributed by atoms with van der Waals surface area (Å²) in [5.74, 6) is -0.291. The van der Waals surface area contributed by atoms with Gasteiger partial charge in [-0.15, -0.1) is 0 Å². The Hall–Kier alpha value is -0.930. The molecule has 0 saturated heterocycles. The van der Waals surface area contributed by atoms with Crippen LogP contribution < -0.4 is 5.73 Å². The van der Waals surface area contributed by atoms with E-state index in [1.54, 1.807) is 12.1 Å². The highest BCUT2D eigenvalue weighted by Crippen LogP contribution is 2.13. The van der Waals surface area contributed by atoms with Gasteiger partial charge in [-0.05, 0) is 24.1 Å². The van der Waals surface area contributed by atoms with Gasteiger partial charge in [-0.25, -0.2) is 4.39 Å². The average molecular weight is 169 g/mol. The van der Waals surface area contributed by atoms with Crippen molar-refractivity contribution in [1.29, 1.82) is 0 Å². The molecule has 0 bridgehead atoms. The van der Waals surface area contributed by atoms with Crippen molar-refractivity contribution in [2.24, 2.45) is 5.73 Å². The van der Waals surface area contributed by atoms with Gasteiger partial charge in [-0.1, -0.05) is 12.1 Å². The second-order valence-electron chi connectivity index (χ2n) is 2.67. The van der Waals surface area contributed by atoms with Gasteiger partial charge in [0, 0.05) is 12.6 Å². The SMILES string of the molecule is N[C@@H](CCO)c1cccc(F)c1. The molecule has 0 spiro atoms. The highest BCUT2D eigenvalue weighted by Gasteiger charge is 2.04. The third-order valence-electron chi connectivity index (χ3n) is 1.72. The lowest BCUT2D eigenvalue weighted by molar-refractivity contribution is 0.276. The number of halogens is 1. The Bertz CT molecular complexity index is 252. The highest BCUT2D eigenvalue weighted by atomic mass is 19.1. The number of hydrogen-bond donors (Lipinski definition) is 2. The number of benzene rings is 1. The lowest BCUT2D eigenvalue weighted by Gasteiger charge is -2.09. The molecule has 0 amide bonds. The van der Waals surface area contributed by atoms with E-state index in [-0.39, 0.29) is 18.5 Å². The summed E-state index contributed by atoms with van der Waals surface area (Å²) >= 11 is 0. The van der Waals surface area contributed by atoms with Crippen molar-refractivity contribution in [3.63, 3.8) is 0 Å². The fourth-order valence-electron chi connectivity index (χ4n) is 1.04. The first-order valence-corrected chi connectivity index (χ1v) is 3.86. The molecule has 0 saturated carbocycles. The Kier molecular flexibility index (Phi) is 3.19. The molecule has 0 aliphatic carbocycles. The van der Waals surface area contributed by atoms with E-state index in [1.165, 1.54) is 12.1 Å². The molecule has 0 fully saturated rings. The van der Waals surface area contributed by atoms with Crippen LogP contribution in [0.1, 0.15) is 18.0 Å². The molecule has 1 aromatic carbocycles. The van der Waals surface area contributed by atoms with Crippen molar-refractivity contribution >= 4 is 0 Å². The summed E-state index contributed by atoms with van der Waals surface area (Å²) in [4.78, 5) is 0. The van der Waals surface area contributed by atoms with Gasteiger partial charge >= 0.3 is 0 Å². The summed E-state index contributed by atoms with van der Waals surface area (Å²) in [5.41, 5.74) is 6.37. The molecule has 1 rings (SSSR count). The van der Waals surface area contributed by atoms with Gasteiger partial charge in [-0.2, -0.15) is 0 Å². The first-order chi connectivity index (χ1) is 5.74. The largest absolute Gasteiger partial charge is 0.396 e. The third kappa shape index (κ3) is 2.29. The van der Waals surface area contributed by atoms with Crippen molar-refractivity contribution in [3.05, 3.63) is 35.6 Å². The maximum Gasteiger partial charge on any atom is 0.123 e. The normalized spacial score (nSPS) is 12.9. The number of rotatable bonds is 3. The van der Waals surface area contributed by atoms with Gasteiger partial charge in [0.2, 0.25) is 0 Å². The molecule has 1 aromatic rings. The Labute approximate surface area is 70.8 Å². The summed E-state index contributed by atoms with van der Waals surface area (Å²) in [7, 11) is 0. The van der Waals surface area contributed by atoms with E-state index in [1.807, 2.05) is 0 Å². The van der Waals surface area contributed by atoms with E-state index >= 15 is 0 Å². The summed E-state index contributed by atoms with van der Waals surface area (Å²) in [6.07, 6.45) is 0.462. The monoisotopic (exact) mass is 169 g/mol. The summed E-state index contributed by atoms with van der Waals surface area (Å²) in [6.45, 7) is 0.0255. The van der Waals surface area contributed by atoms with E-state index < -0.39 is 0 Å². The molecule has 3 heteroatoms. The lowest BCUT2D eigenvalue weighted by Crippen LogP contribution is -2.11. The van der Waals surface area contributed by atoms with Gasteiger partial charge in [0.25, 0.3) is 0 Å². The van der Waals surface area contributed by atoms with Gasteiger partial charge in [0.15, 0.2) is 0 Å². The summed E-state index contributed by atoms with van der Waals surface area (Å²) < 4.78 is 12.6. The van der Waals surface area contributed by atoms with Crippen LogP contribution in [0.25, 0.3) is 0 Å². The first-order valence-electron chi connectivity index (χ1n) is 3.86. The van der Waals surface area contributed by atoms with Crippen molar-refractivity contribution in [3.8, 4) is 0 Å². The number of aliphatic hydroxyl groups excluding tert-OH is 1. The molecule has 0 aliphatic heterocycles. The van der Waals surface area contributed by atoms with Gasteiger partial charge in [-0.3, -0.25) is 0 Å². The Balaban J connectivity index is 2.73. The minimum absolute atomic E-state index is 0.0255. The molecule has 0 radical (unpaired) electrons. The molecule has 2 nitrogen and oxygen atoms in total. The Morgan fingerprint density at radius 2 is 2.25 bits per heavy atom. The van der Waals surface area contributed by atoms with Crippen molar-refractivity contribution in [1.82, 2.24) is 0 Å². The topological polar surface area (TPSA) is 46.2 Å². The lowest BCUT2D eigenvalue weighted by atomic mass is 10.1. The maximum absolute atomic E-state index is 12.6. The van der Waals surface area contributed by atoms with E-state index in [2.05, 4.69) is 0 Å². The van der Waals surface area contributed by atoms with Crippen LogP contribution in [0.15, 0.2) is 24.3 Å². The third-order valence-corrected chi connectivity index (χ3v) is 1.72. The Morgan fingerprint density at radius 3 is 2.83 bits per heavy atom. The molecule has 12 heavy (non-hydrogen) atoms. The molecule has 0 heterocycles. The zero-order valence-corrected chi connectivity index (χ0v) is 6.70. The standard InChI is InChI=1S/C9H12FNO/c10-8-3-1-2-7(6-8)9(11)4-5-12/h1-3,6,9,12H,4-5,11H2/t9-/m0/s1. The van der Waals surface area contributed by atoms with Crippen LogP contribution in [0.5, 0.6) is 0 Å². The summed E-state index contributed by atoms with van der Waals surface area (Å²) in [6, 6.07) is 5.85. The zero-order chi connectivity index (χ0) is 8.97. The van der Waals surface area contributed by atoms with E-state index in [0.717, 1.165) is 5.56 Å². The number of hydrogen-bond acceptors (Lipinski definition) is 2. The number of aliphatic hydroxyl groups is 1. The minimum Gasteiger partial charge on any atom is -0.396 e. The second kappa shape index (κ2) is 4.18. The van der Waals surface area contributed by atoms with Crippen molar-refractivity contribution in [2.45, 2.75) is 12.5 Å². The molecular weight excluding hydrogens is 157 g/mol. The fraction of sp³-hybridized carbons (Fsp3) is 0.333. The quantitative estimate of drug-likeness (QED) is 0.714. The van der Waals surface area contributed by atoms with Gasteiger partial charge in [0.05, 0.1) is 0 Å². The average Bonchev–Trinajstić information content (AvgIpc) is 2.05. The van der Waals surface area contributed by atoms with Crippen LogP contribution in [0, 0.1) is 5.82 Å². The molecule has 66 valence electrons. The maximum atomic E-state index is 12.6. The molecule has 0 aliphatic rings. The molecule has 1 atom stereocenters. The van der Waals surface area contributed by atoms with Crippen LogP contribution in [-0.4, -0.2) is 11.7 Å². The van der Waals surface area contributed by atoms with E-state index in [9.17, 15) is 4.39 Å². The highest BCUT2D eigenvalue weighted by molar-refractivity contribution is 5.19. The summed E-state index contributed by atoms with van der Waals surface area (Å²) in [5, 5.41) is 8.59. The van der Waals surface area contributed by atoms with Crippen LogP contribution >= 0.6 is 0 Å². The predicted molar refractivity (Wildman–Crippen MR) is 45.0 cm³/mol.